The van der Waals surface area contributed by atoms with Crippen molar-refractivity contribution in [1.29, 1.82) is 0 Å². The lowest BCUT2D eigenvalue weighted by atomic mass is 10.2. The van der Waals surface area contributed by atoms with Crippen molar-refractivity contribution in [2.45, 2.75) is 20.0 Å². The Morgan fingerprint density at radius 1 is 1.18 bits per heavy atom. The maximum absolute atomic E-state index is 12.7. The van der Waals surface area contributed by atoms with E-state index in [0.29, 0.717) is 11.5 Å². The Hall–Kier alpha value is -2.15. The molecule has 116 valence electrons. The average molecular weight is 330 g/mol. The minimum Gasteiger partial charge on any atom is -0.319 e. The molecule has 2 aromatic rings. The summed E-state index contributed by atoms with van der Waals surface area (Å²) >= 11 is 5.83. The molecule has 1 N–H and O–H groups in total. The molecule has 0 aliphatic carbocycles. The first kappa shape index (κ1) is 16.2. The number of aromatic nitrogens is 2. The number of nitrogens with zero attached hydrogens (tertiary/aromatic N) is 2. The number of carbonyl (C=O) groups is 1. The molecular formula is C14H11ClF3N3O. The first-order valence-electron chi connectivity index (χ1n) is 6.17. The molecule has 1 amide bonds. The van der Waals surface area contributed by atoms with Crippen molar-refractivity contribution >= 4 is 23.2 Å². The van der Waals surface area contributed by atoms with Crippen molar-refractivity contribution in [3.8, 4) is 0 Å². The topological polar surface area (TPSA) is 54.9 Å². The number of aryl methyl sites for hydroxylation is 2. The van der Waals surface area contributed by atoms with Crippen LogP contribution in [0.1, 0.15) is 27.6 Å². The molecule has 0 unspecified atom stereocenters. The molecule has 0 fully saturated rings. The predicted molar refractivity (Wildman–Crippen MR) is 75.9 cm³/mol. The number of alkyl halides is 3. The zero-order chi connectivity index (χ0) is 16.5. The van der Waals surface area contributed by atoms with Gasteiger partial charge in [-0.05, 0) is 38.1 Å². The fourth-order valence-corrected chi connectivity index (χ4v) is 1.98. The van der Waals surface area contributed by atoms with E-state index in [4.69, 9.17) is 11.6 Å². The van der Waals surface area contributed by atoms with Crippen molar-refractivity contribution < 1.29 is 18.0 Å². The third kappa shape index (κ3) is 3.73. The van der Waals surface area contributed by atoms with Crippen LogP contribution in [0.5, 0.6) is 0 Å². The molecule has 2 rings (SSSR count). The van der Waals surface area contributed by atoms with Crippen LogP contribution in [-0.4, -0.2) is 15.9 Å². The molecule has 0 bridgehead atoms. The van der Waals surface area contributed by atoms with Gasteiger partial charge >= 0.3 is 6.18 Å². The fourth-order valence-electron chi connectivity index (χ4n) is 1.82. The normalized spacial score (nSPS) is 11.4. The number of nitrogens with one attached hydrogen (secondary N) is 1. The lowest BCUT2D eigenvalue weighted by Crippen LogP contribution is -2.16. The van der Waals surface area contributed by atoms with E-state index >= 15 is 0 Å². The van der Waals surface area contributed by atoms with Gasteiger partial charge in [0.25, 0.3) is 5.91 Å². The Labute approximate surface area is 129 Å². The van der Waals surface area contributed by atoms with Crippen molar-refractivity contribution in [3.05, 3.63) is 52.1 Å². The molecule has 0 saturated heterocycles. The lowest BCUT2D eigenvalue weighted by molar-refractivity contribution is -0.137. The second kappa shape index (κ2) is 5.92. The fraction of sp³-hybridized carbons (Fsp3) is 0.214. The van der Waals surface area contributed by atoms with Crippen LogP contribution < -0.4 is 5.32 Å². The summed E-state index contributed by atoms with van der Waals surface area (Å²) in [6.45, 7) is 3.30. The second-order valence-corrected chi connectivity index (χ2v) is 5.00. The standard InChI is InChI=1S/C14H11ClF3N3O/c1-7-5-12(20-8(2)19-7)13(22)21-11-6-9(14(16,17)18)3-4-10(11)15/h3-6H,1-2H3,(H,21,22). The monoisotopic (exact) mass is 329 g/mol. The van der Waals surface area contributed by atoms with Crippen LogP contribution in [0.2, 0.25) is 5.02 Å². The Kier molecular flexibility index (Phi) is 4.37. The van der Waals surface area contributed by atoms with Crippen molar-refractivity contribution in [2.24, 2.45) is 0 Å². The molecule has 8 heteroatoms. The van der Waals surface area contributed by atoms with Crippen LogP contribution in [0.25, 0.3) is 0 Å². The summed E-state index contributed by atoms with van der Waals surface area (Å²) in [7, 11) is 0. The minimum atomic E-state index is -4.52. The minimum absolute atomic E-state index is 0.00356. The van der Waals surface area contributed by atoms with E-state index < -0.39 is 17.6 Å². The highest BCUT2D eigenvalue weighted by Crippen LogP contribution is 2.33. The van der Waals surface area contributed by atoms with Crippen molar-refractivity contribution in [2.75, 3.05) is 5.32 Å². The van der Waals surface area contributed by atoms with Gasteiger partial charge < -0.3 is 5.32 Å². The van der Waals surface area contributed by atoms with E-state index in [9.17, 15) is 18.0 Å². The number of hydrogen-bond donors (Lipinski definition) is 1. The van der Waals surface area contributed by atoms with Gasteiger partial charge in [-0.15, -0.1) is 0 Å². The zero-order valence-electron chi connectivity index (χ0n) is 11.6. The third-order valence-electron chi connectivity index (χ3n) is 2.74. The van der Waals surface area contributed by atoms with Gasteiger partial charge in [0.05, 0.1) is 16.3 Å². The van der Waals surface area contributed by atoms with Crippen LogP contribution in [0.15, 0.2) is 24.3 Å². The SMILES string of the molecule is Cc1cc(C(=O)Nc2cc(C(F)(F)F)ccc2Cl)nc(C)n1. The highest BCUT2D eigenvalue weighted by molar-refractivity contribution is 6.33. The summed E-state index contributed by atoms with van der Waals surface area (Å²) < 4.78 is 38.1. The number of halogens is 4. The van der Waals surface area contributed by atoms with Crippen LogP contribution >= 0.6 is 11.6 Å². The van der Waals surface area contributed by atoms with Gasteiger partial charge in [-0.25, -0.2) is 9.97 Å². The molecule has 0 aliphatic rings. The average Bonchev–Trinajstić information content (AvgIpc) is 2.38. The van der Waals surface area contributed by atoms with E-state index in [-0.39, 0.29) is 16.4 Å². The predicted octanol–water partition coefficient (Wildman–Crippen LogP) is 4.02. The number of anilines is 1. The van der Waals surface area contributed by atoms with Gasteiger partial charge in [0, 0.05) is 5.69 Å². The molecular weight excluding hydrogens is 319 g/mol. The van der Waals surface area contributed by atoms with E-state index in [1.54, 1.807) is 13.8 Å². The summed E-state index contributed by atoms with van der Waals surface area (Å²) in [6, 6.07) is 4.14. The third-order valence-corrected chi connectivity index (χ3v) is 3.07. The van der Waals surface area contributed by atoms with Gasteiger partial charge in [0.1, 0.15) is 11.5 Å². The Bertz CT molecular complexity index is 712. The number of benzene rings is 1. The largest absolute Gasteiger partial charge is 0.416 e. The van der Waals surface area contributed by atoms with Gasteiger partial charge in [-0.3, -0.25) is 4.79 Å². The summed E-state index contributed by atoms with van der Waals surface area (Å²) in [6.07, 6.45) is -4.52. The molecule has 0 saturated carbocycles. The zero-order valence-corrected chi connectivity index (χ0v) is 12.4. The first-order chi connectivity index (χ1) is 10.2. The summed E-state index contributed by atoms with van der Waals surface area (Å²) in [5, 5.41) is 2.34. The van der Waals surface area contributed by atoms with E-state index in [1.165, 1.54) is 6.07 Å². The maximum atomic E-state index is 12.7. The molecule has 22 heavy (non-hydrogen) atoms. The van der Waals surface area contributed by atoms with E-state index in [0.717, 1.165) is 18.2 Å². The Morgan fingerprint density at radius 2 is 1.86 bits per heavy atom. The smallest absolute Gasteiger partial charge is 0.319 e. The van der Waals surface area contributed by atoms with Crippen LogP contribution in [0.4, 0.5) is 18.9 Å². The lowest BCUT2D eigenvalue weighted by Gasteiger charge is -2.11. The summed E-state index contributed by atoms with van der Waals surface area (Å²) in [5.41, 5.74) is -0.399. The second-order valence-electron chi connectivity index (χ2n) is 4.59. The molecule has 0 spiro atoms. The molecule has 0 aliphatic heterocycles. The molecule has 4 nitrogen and oxygen atoms in total. The highest BCUT2D eigenvalue weighted by atomic mass is 35.5. The summed E-state index contributed by atoms with van der Waals surface area (Å²) in [4.78, 5) is 20.1. The quantitative estimate of drug-likeness (QED) is 0.905. The van der Waals surface area contributed by atoms with Crippen molar-refractivity contribution in [1.82, 2.24) is 9.97 Å². The number of amides is 1. The van der Waals surface area contributed by atoms with Gasteiger partial charge in [0.15, 0.2) is 0 Å². The van der Waals surface area contributed by atoms with Gasteiger partial charge in [-0.1, -0.05) is 11.6 Å². The van der Waals surface area contributed by atoms with Gasteiger partial charge in [-0.2, -0.15) is 13.2 Å². The summed E-state index contributed by atoms with van der Waals surface area (Å²) in [5.74, 6) is -0.268. The van der Waals surface area contributed by atoms with Gasteiger partial charge in [0.2, 0.25) is 0 Å². The van der Waals surface area contributed by atoms with Crippen LogP contribution in [0, 0.1) is 13.8 Å². The van der Waals surface area contributed by atoms with Crippen LogP contribution in [0.3, 0.4) is 0 Å². The molecule has 1 heterocycles. The van der Waals surface area contributed by atoms with E-state index in [2.05, 4.69) is 15.3 Å². The van der Waals surface area contributed by atoms with E-state index in [1.807, 2.05) is 0 Å². The number of hydrogen-bond acceptors (Lipinski definition) is 3. The molecule has 0 atom stereocenters. The molecule has 0 radical (unpaired) electrons. The maximum Gasteiger partial charge on any atom is 0.416 e. The highest BCUT2D eigenvalue weighted by Gasteiger charge is 2.31. The van der Waals surface area contributed by atoms with Crippen molar-refractivity contribution in [3.63, 3.8) is 0 Å². The Balaban J connectivity index is 2.32. The number of carbonyl (C=O) groups excluding carboxylic acids is 1. The Morgan fingerprint density at radius 3 is 2.45 bits per heavy atom. The van der Waals surface area contributed by atoms with Crippen LogP contribution in [-0.2, 0) is 6.18 Å². The first-order valence-corrected chi connectivity index (χ1v) is 6.55. The molecule has 1 aromatic carbocycles. The molecule has 1 aromatic heterocycles. The number of rotatable bonds is 2.